The second-order valence-electron chi connectivity index (χ2n) is 6.37. The molecule has 4 heteroatoms. The molecule has 2 N–H and O–H groups in total. The number of hydrogen-bond donors (Lipinski definition) is 2. The second-order valence-corrected chi connectivity index (χ2v) is 6.37. The number of nitrogens with one attached hydrogen (secondary N) is 2. The third kappa shape index (κ3) is 6.32. The normalized spacial score (nSPS) is 10.5. The Morgan fingerprint density at radius 2 is 1.42 bits per heavy atom. The van der Waals surface area contributed by atoms with Gasteiger partial charge in [-0.1, -0.05) is 55.8 Å². The molecule has 0 spiro atoms. The van der Waals surface area contributed by atoms with Crippen LogP contribution in [0.1, 0.15) is 30.5 Å². The van der Waals surface area contributed by atoms with E-state index in [-0.39, 0.29) is 6.03 Å². The van der Waals surface area contributed by atoms with Gasteiger partial charge in [0.2, 0.25) is 0 Å². The van der Waals surface area contributed by atoms with Crippen molar-refractivity contribution in [1.29, 1.82) is 0 Å². The van der Waals surface area contributed by atoms with Crippen molar-refractivity contribution in [1.82, 2.24) is 10.6 Å². The smallest absolute Gasteiger partial charge is 0.315 e. The number of rotatable bonds is 7. The Morgan fingerprint density at radius 1 is 0.917 bits per heavy atom. The van der Waals surface area contributed by atoms with Gasteiger partial charge in [0.05, 0.1) is 6.61 Å². The van der Waals surface area contributed by atoms with Gasteiger partial charge in [-0.15, -0.1) is 0 Å². The highest BCUT2D eigenvalue weighted by atomic mass is 16.5. The minimum atomic E-state index is -0.171. The number of aryl methyl sites for hydroxylation is 1. The maximum Gasteiger partial charge on any atom is 0.315 e. The van der Waals surface area contributed by atoms with E-state index >= 15 is 0 Å². The zero-order chi connectivity index (χ0) is 17.4. The fourth-order valence-corrected chi connectivity index (χ4v) is 2.10. The third-order valence-corrected chi connectivity index (χ3v) is 3.53. The molecule has 0 aliphatic carbocycles. The monoisotopic (exact) mass is 326 g/mol. The molecule has 0 saturated heterocycles. The quantitative estimate of drug-likeness (QED) is 0.807. The summed E-state index contributed by atoms with van der Waals surface area (Å²) < 4.78 is 5.64. The average Bonchev–Trinajstić information content (AvgIpc) is 2.58. The minimum Gasteiger partial charge on any atom is -0.493 e. The van der Waals surface area contributed by atoms with Gasteiger partial charge >= 0.3 is 6.03 Å². The highest BCUT2D eigenvalue weighted by molar-refractivity contribution is 5.73. The lowest BCUT2D eigenvalue weighted by atomic mass is 10.1. The molecule has 4 nitrogen and oxygen atoms in total. The number of urea groups is 1. The van der Waals surface area contributed by atoms with Gasteiger partial charge in [0.15, 0.2) is 0 Å². The lowest BCUT2D eigenvalue weighted by molar-refractivity contribution is 0.240. The van der Waals surface area contributed by atoms with Crippen molar-refractivity contribution in [3.8, 4) is 5.75 Å². The van der Waals surface area contributed by atoms with Crippen LogP contribution in [0.25, 0.3) is 0 Å². The molecule has 0 heterocycles. The van der Waals surface area contributed by atoms with Crippen molar-refractivity contribution in [2.45, 2.75) is 33.9 Å². The number of amides is 2. The van der Waals surface area contributed by atoms with Crippen molar-refractivity contribution >= 4 is 6.03 Å². The maximum absolute atomic E-state index is 11.9. The summed E-state index contributed by atoms with van der Waals surface area (Å²) in [7, 11) is 0. The highest BCUT2D eigenvalue weighted by Crippen LogP contribution is 2.13. The first kappa shape index (κ1) is 17.9. The molecule has 0 fully saturated rings. The van der Waals surface area contributed by atoms with Crippen molar-refractivity contribution in [2.24, 2.45) is 5.92 Å². The Labute approximate surface area is 144 Å². The SMILES string of the molecule is Cc1ccc(CNC(=O)NCc2ccc(OCC(C)C)cc2)cc1. The van der Waals surface area contributed by atoms with Gasteiger partial charge in [-0.2, -0.15) is 0 Å². The summed E-state index contributed by atoms with van der Waals surface area (Å²) in [6.07, 6.45) is 0. The van der Waals surface area contributed by atoms with E-state index in [2.05, 4.69) is 24.5 Å². The number of carbonyl (C=O) groups is 1. The number of hydrogen-bond acceptors (Lipinski definition) is 2. The van der Waals surface area contributed by atoms with E-state index in [0.29, 0.717) is 25.6 Å². The van der Waals surface area contributed by atoms with Crippen LogP contribution in [-0.2, 0) is 13.1 Å². The molecule has 2 aromatic carbocycles. The van der Waals surface area contributed by atoms with Crippen LogP contribution >= 0.6 is 0 Å². The van der Waals surface area contributed by atoms with E-state index < -0.39 is 0 Å². The molecule has 2 aromatic rings. The van der Waals surface area contributed by atoms with Gasteiger partial charge < -0.3 is 15.4 Å². The molecular formula is C20H26N2O2. The Bertz CT molecular complexity index is 634. The van der Waals surface area contributed by atoms with E-state index in [4.69, 9.17) is 4.74 Å². The Morgan fingerprint density at radius 3 is 1.92 bits per heavy atom. The van der Waals surface area contributed by atoms with Crippen LogP contribution in [0.3, 0.4) is 0 Å². The molecular weight excluding hydrogens is 300 g/mol. The van der Waals surface area contributed by atoms with Gasteiger partial charge in [-0.3, -0.25) is 0 Å². The van der Waals surface area contributed by atoms with E-state index in [1.54, 1.807) is 0 Å². The largest absolute Gasteiger partial charge is 0.493 e. The molecule has 0 aliphatic heterocycles. The molecule has 0 atom stereocenters. The molecule has 128 valence electrons. The summed E-state index contributed by atoms with van der Waals surface area (Å²) in [6.45, 7) is 8.00. The summed E-state index contributed by atoms with van der Waals surface area (Å²) in [5.41, 5.74) is 3.34. The lowest BCUT2D eigenvalue weighted by Crippen LogP contribution is -2.34. The topological polar surface area (TPSA) is 50.4 Å². The zero-order valence-electron chi connectivity index (χ0n) is 14.6. The van der Waals surface area contributed by atoms with Crippen LogP contribution in [0, 0.1) is 12.8 Å². The van der Waals surface area contributed by atoms with Gasteiger partial charge in [0.25, 0.3) is 0 Å². The number of ether oxygens (including phenoxy) is 1. The molecule has 0 bridgehead atoms. The van der Waals surface area contributed by atoms with Gasteiger partial charge in [-0.05, 0) is 36.1 Å². The summed E-state index contributed by atoms with van der Waals surface area (Å²) in [5, 5.41) is 5.72. The molecule has 24 heavy (non-hydrogen) atoms. The van der Waals surface area contributed by atoms with Crippen molar-refractivity contribution < 1.29 is 9.53 Å². The molecule has 0 unspecified atom stereocenters. The average molecular weight is 326 g/mol. The summed E-state index contributed by atoms with van der Waals surface area (Å²) in [6, 6.07) is 15.8. The molecule has 0 saturated carbocycles. The number of carbonyl (C=O) groups excluding carboxylic acids is 1. The van der Waals surface area contributed by atoms with E-state index in [1.165, 1.54) is 5.56 Å². The van der Waals surface area contributed by atoms with Gasteiger partial charge in [0, 0.05) is 13.1 Å². The third-order valence-electron chi connectivity index (χ3n) is 3.53. The molecule has 0 aliphatic rings. The maximum atomic E-state index is 11.9. The molecule has 0 radical (unpaired) electrons. The standard InChI is InChI=1S/C20H26N2O2/c1-15(2)14-24-19-10-8-18(9-11-19)13-22-20(23)21-12-17-6-4-16(3)5-7-17/h4-11,15H,12-14H2,1-3H3,(H2,21,22,23). The molecule has 2 rings (SSSR count). The Kier molecular flexibility index (Phi) is 6.67. The first-order chi connectivity index (χ1) is 11.5. The Balaban J connectivity index is 1.72. The van der Waals surface area contributed by atoms with Gasteiger partial charge in [0.1, 0.15) is 5.75 Å². The van der Waals surface area contributed by atoms with E-state index in [0.717, 1.165) is 16.9 Å². The zero-order valence-corrected chi connectivity index (χ0v) is 14.6. The van der Waals surface area contributed by atoms with Crippen LogP contribution in [0.15, 0.2) is 48.5 Å². The fourth-order valence-electron chi connectivity index (χ4n) is 2.10. The van der Waals surface area contributed by atoms with Crippen LogP contribution in [0.2, 0.25) is 0 Å². The van der Waals surface area contributed by atoms with Crippen molar-refractivity contribution in [3.05, 3.63) is 65.2 Å². The van der Waals surface area contributed by atoms with Crippen LogP contribution in [0.4, 0.5) is 4.79 Å². The predicted molar refractivity (Wildman–Crippen MR) is 97.0 cm³/mol. The highest BCUT2D eigenvalue weighted by Gasteiger charge is 2.02. The summed E-state index contributed by atoms with van der Waals surface area (Å²) in [5.74, 6) is 1.36. The lowest BCUT2D eigenvalue weighted by Gasteiger charge is -2.10. The van der Waals surface area contributed by atoms with Crippen molar-refractivity contribution in [3.63, 3.8) is 0 Å². The molecule has 2 amide bonds. The minimum absolute atomic E-state index is 0.171. The summed E-state index contributed by atoms with van der Waals surface area (Å²) >= 11 is 0. The molecule has 0 aromatic heterocycles. The first-order valence-corrected chi connectivity index (χ1v) is 8.32. The predicted octanol–water partition coefficient (Wildman–Crippen LogP) is 4.03. The van der Waals surface area contributed by atoms with E-state index in [9.17, 15) is 4.79 Å². The second kappa shape index (κ2) is 8.96. The van der Waals surface area contributed by atoms with Crippen LogP contribution in [0.5, 0.6) is 5.75 Å². The van der Waals surface area contributed by atoms with E-state index in [1.807, 2.05) is 55.5 Å². The van der Waals surface area contributed by atoms with Crippen LogP contribution < -0.4 is 15.4 Å². The van der Waals surface area contributed by atoms with Crippen molar-refractivity contribution in [2.75, 3.05) is 6.61 Å². The summed E-state index contributed by atoms with van der Waals surface area (Å²) in [4.78, 5) is 11.9. The fraction of sp³-hybridized carbons (Fsp3) is 0.350. The Hall–Kier alpha value is -2.49. The van der Waals surface area contributed by atoms with Crippen LogP contribution in [-0.4, -0.2) is 12.6 Å². The first-order valence-electron chi connectivity index (χ1n) is 8.32. The number of benzene rings is 2. The van der Waals surface area contributed by atoms with Gasteiger partial charge in [-0.25, -0.2) is 4.79 Å².